The van der Waals surface area contributed by atoms with Gasteiger partial charge in [0.15, 0.2) is 11.6 Å². The van der Waals surface area contributed by atoms with Crippen molar-refractivity contribution in [2.75, 3.05) is 0 Å². The average Bonchev–Trinajstić information content (AvgIpc) is 3.25. The van der Waals surface area contributed by atoms with E-state index < -0.39 is 17.6 Å². The maximum absolute atomic E-state index is 14.2. The molecule has 3 aromatic rings. The fourth-order valence-corrected chi connectivity index (χ4v) is 4.36. The number of aromatic nitrogens is 2. The van der Waals surface area contributed by atoms with Crippen molar-refractivity contribution in [3.8, 4) is 16.9 Å². The Balaban J connectivity index is 1.99. The molecule has 5 nitrogen and oxygen atoms in total. The molecule has 0 bridgehead atoms. The maximum Gasteiger partial charge on any atom is 0.159 e. The molecule has 1 aliphatic heterocycles. The third-order valence-corrected chi connectivity index (χ3v) is 5.91. The first-order chi connectivity index (χ1) is 15.9. The van der Waals surface area contributed by atoms with E-state index in [1.165, 1.54) is 6.07 Å². The van der Waals surface area contributed by atoms with Crippen molar-refractivity contribution < 1.29 is 18.4 Å². The number of nitrogens with one attached hydrogen (secondary N) is 1. The first kappa shape index (κ1) is 22.3. The van der Waals surface area contributed by atoms with Crippen molar-refractivity contribution in [3.63, 3.8) is 0 Å². The number of dihydropyridines is 1. The van der Waals surface area contributed by atoms with Gasteiger partial charge in [-0.3, -0.25) is 0 Å². The fourth-order valence-electron chi connectivity index (χ4n) is 4.36. The van der Waals surface area contributed by atoms with Crippen molar-refractivity contribution >= 4 is 12.6 Å². The maximum atomic E-state index is 14.2. The Morgan fingerprint density at radius 2 is 1.58 bits per heavy atom. The summed E-state index contributed by atoms with van der Waals surface area (Å²) in [6.07, 6.45) is 3.80. The Morgan fingerprint density at radius 1 is 0.939 bits per heavy atom. The normalized spacial score (nSPS) is 14.4. The van der Waals surface area contributed by atoms with E-state index in [9.17, 15) is 18.4 Å². The summed E-state index contributed by atoms with van der Waals surface area (Å²) < 4.78 is 29.5. The van der Waals surface area contributed by atoms with Crippen molar-refractivity contribution in [2.24, 2.45) is 0 Å². The molecule has 2 aromatic carbocycles. The van der Waals surface area contributed by atoms with Gasteiger partial charge in [-0.05, 0) is 55.3 Å². The van der Waals surface area contributed by atoms with Crippen LogP contribution >= 0.6 is 0 Å². The number of allylic oxidation sites excluding steroid dienone is 4. The summed E-state index contributed by atoms with van der Waals surface area (Å²) >= 11 is 0. The van der Waals surface area contributed by atoms with Crippen LogP contribution in [-0.2, 0) is 9.59 Å². The molecule has 0 fully saturated rings. The minimum absolute atomic E-state index is 0.160. The third kappa shape index (κ3) is 4.26. The molecule has 1 aliphatic rings. The van der Waals surface area contributed by atoms with Crippen LogP contribution in [0, 0.1) is 11.6 Å². The molecule has 0 atom stereocenters. The minimum atomic E-state index is -0.974. The summed E-state index contributed by atoms with van der Waals surface area (Å²) in [6, 6.07) is 13.1. The molecule has 4 rings (SSSR count). The van der Waals surface area contributed by atoms with Gasteiger partial charge in [-0.2, -0.15) is 5.10 Å². The standard InChI is InChI=1S/C26H23F2N3O2/c1-16-20(10-12-32)25(21(11-13-33)17(2)29-16)22-15-31(19-6-4-3-5-7-19)30-26(22)18-8-9-23(27)24(28)14-18/h3-9,12-15,25,29H,10-11H2,1-2H3. The number of aldehydes is 2. The van der Waals surface area contributed by atoms with Gasteiger partial charge in [-0.25, -0.2) is 13.5 Å². The van der Waals surface area contributed by atoms with E-state index in [1.807, 2.05) is 50.4 Å². The Bertz CT molecular complexity index is 1240. The fraction of sp³-hybridized carbons (Fsp3) is 0.192. The second-order valence-electron chi connectivity index (χ2n) is 7.94. The predicted molar refractivity (Wildman–Crippen MR) is 122 cm³/mol. The zero-order chi connectivity index (χ0) is 23.5. The second-order valence-corrected chi connectivity index (χ2v) is 7.94. The van der Waals surface area contributed by atoms with Crippen LogP contribution in [0.5, 0.6) is 0 Å². The Hall–Kier alpha value is -3.87. The lowest BCUT2D eigenvalue weighted by atomic mass is 9.78. The Morgan fingerprint density at radius 3 is 2.15 bits per heavy atom. The van der Waals surface area contributed by atoms with Crippen LogP contribution < -0.4 is 5.32 Å². The van der Waals surface area contributed by atoms with Crippen LogP contribution in [0.15, 0.2) is 77.3 Å². The van der Waals surface area contributed by atoms with Gasteiger partial charge in [0.1, 0.15) is 12.6 Å². The van der Waals surface area contributed by atoms with Crippen molar-refractivity contribution in [1.82, 2.24) is 15.1 Å². The molecule has 0 unspecified atom stereocenters. The number of para-hydroxylation sites is 1. The summed E-state index contributed by atoms with van der Waals surface area (Å²) in [7, 11) is 0. The van der Waals surface area contributed by atoms with Crippen molar-refractivity contribution in [1.29, 1.82) is 0 Å². The minimum Gasteiger partial charge on any atom is -0.363 e. The van der Waals surface area contributed by atoms with Crippen LogP contribution in [0.2, 0.25) is 0 Å². The SMILES string of the molecule is CC1=C(CC=O)C(c2cn(-c3ccccc3)nc2-c2ccc(F)c(F)c2)C(CC=O)=C(C)N1. The molecular weight excluding hydrogens is 424 g/mol. The number of benzene rings is 2. The average molecular weight is 447 g/mol. The van der Waals surface area contributed by atoms with E-state index >= 15 is 0 Å². The van der Waals surface area contributed by atoms with Gasteiger partial charge in [0.2, 0.25) is 0 Å². The molecule has 1 N–H and O–H groups in total. The second kappa shape index (κ2) is 9.32. The number of hydrogen-bond acceptors (Lipinski definition) is 4. The molecule has 0 spiro atoms. The van der Waals surface area contributed by atoms with Crippen LogP contribution in [-0.4, -0.2) is 22.4 Å². The molecule has 33 heavy (non-hydrogen) atoms. The molecule has 0 radical (unpaired) electrons. The number of hydrogen-bond donors (Lipinski definition) is 1. The van der Waals surface area contributed by atoms with Gasteiger partial charge >= 0.3 is 0 Å². The molecule has 1 aromatic heterocycles. The summed E-state index contributed by atoms with van der Waals surface area (Å²) in [6.45, 7) is 3.76. The highest BCUT2D eigenvalue weighted by Gasteiger charge is 2.32. The number of carbonyl (C=O) groups is 2. The molecule has 7 heteroatoms. The predicted octanol–water partition coefficient (Wildman–Crippen LogP) is 5.23. The number of carbonyl (C=O) groups excluding carboxylic acids is 2. The molecule has 0 saturated carbocycles. The summed E-state index contributed by atoms with van der Waals surface area (Å²) in [5, 5.41) is 7.99. The number of halogens is 2. The molecule has 0 amide bonds. The van der Waals surface area contributed by atoms with E-state index in [0.717, 1.165) is 52.9 Å². The van der Waals surface area contributed by atoms with Gasteiger partial charge in [0.05, 0.1) is 11.4 Å². The van der Waals surface area contributed by atoms with Gasteiger partial charge in [-0.1, -0.05) is 18.2 Å². The highest BCUT2D eigenvalue weighted by atomic mass is 19.2. The van der Waals surface area contributed by atoms with Gasteiger partial charge < -0.3 is 14.9 Å². The highest BCUT2D eigenvalue weighted by molar-refractivity contribution is 5.70. The van der Waals surface area contributed by atoms with Crippen LogP contribution in [0.3, 0.4) is 0 Å². The lowest BCUT2D eigenvalue weighted by Crippen LogP contribution is -2.25. The molecule has 168 valence electrons. The van der Waals surface area contributed by atoms with Crippen LogP contribution in [0.1, 0.15) is 38.2 Å². The Labute approximate surface area is 190 Å². The van der Waals surface area contributed by atoms with E-state index in [4.69, 9.17) is 5.10 Å². The van der Waals surface area contributed by atoms with E-state index in [2.05, 4.69) is 5.32 Å². The smallest absolute Gasteiger partial charge is 0.159 e. The molecule has 2 heterocycles. The largest absolute Gasteiger partial charge is 0.363 e. The first-order valence-corrected chi connectivity index (χ1v) is 10.6. The van der Waals surface area contributed by atoms with Gasteiger partial charge in [0, 0.05) is 47.5 Å². The van der Waals surface area contributed by atoms with Crippen molar-refractivity contribution in [2.45, 2.75) is 32.6 Å². The third-order valence-electron chi connectivity index (χ3n) is 5.91. The zero-order valence-electron chi connectivity index (χ0n) is 18.3. The van der Waals surface area contributed by atoms with Crippen LogP contribution in [0.25, 0.3) is 16.9 Å². The lowest BCUT2D eigenvalue weighted by molar-refractivity contribution is -0.107. The number of nitrogens with zero attached hydrogens (tertiary/aromatic N) is 2. The zero-order valence-corrected chi connectivity index (χ0v) is 18.3. The molecule has 0 aliphatic carbocycles. The van der Waals surface area contributed by atoms with E-state index in [-0.39, 0.29) is 12.8 Å². The summed E-state index contributed by atoms with van der Waals surface area (Å²) in [5.74, 6) is -2.33. The summed E-state index contributed by atoms with van der Waals surface area (Å²) in [4.78, 5) is 23.1. The molecular formula is C26H23F2N3O2. The monoisotopic (exact) mass is 447 g/mol. The van der Waals surface area contributed by atoms with E-state index in [1.54, 1.807) is 4.68 Å². The lowest BCUT2D eigenvalue weighted by Gasteiger charge is -2.31. The van der Waals surface area contributed by atoms with E-state index in [0.29, 0.717) is 16.8 Å². The highest BCUT2D eigenvalue weighted by Crippen LogP contribution is 2.44. The quantitative estimate of drug-likeness (QED) is 0.504. The van der Waals surface area contributed by atoms with Crippen LogP contribution in [0.4, 0.5) is 8.78 Å². The number of rotatable bonds is 7. The molecule has 0 saturated heterocycles. The van der Waals surface area contributed by atoms with Gasteiger partial charge in [-0.15, -0.1) is 0 Å². The van der Waals surface area contributed by atoms with Gasteiger partial charge in [0.25, 0.3) is 0 Å². The first-order valence-electron chi connectivity index (χ1n) is 10.6. The van der Waals surface area contributed by atoms with Crippen molar-refractivity contribution in [3.05, 3.63) is 94.5 Å². The summed E-state index contributed by atoms with van der Waals surface area (Å²) in [5.41, 5.74) is 5.62. The Kier molecular flexibility index (Phi) is 6.31. The topological polar surface area (TPSA) is 64.0 Å².